The molecule has 0 radical (unpaired) electrons. The number of benzene rings is 2. The summed E-state index contributed by atoms with van der Waals surface area (Å²) >= 11 is 0. The van der Waals surface area contributed by atoms with E-state index in [1.54, 1.807) is 17.9 Å². The minimum absolute atomic E-state index is 0.224. The van der Waals surface area contributed by atoms with E-state index in [4.69, 9.17) is 4.74 Å². The number of ether oxygens (including phenoxy) is 1. The molecule has 0 spiro atoms. The van der Waals surface area contributed by atoms with Gasteiger partial charge in [0.25, 0.3) is 5.91 Å². The topological polar surface area (TPSA) is 61.1 Å². The van der Waals surface area contributed by atoms with Crippen molar-refractivity contribution in [1.29, 1.82) is 0 Å². The van der Waals surface area contributed by atoms with E-state index in [0.717, 1.165) is 11.3 Å². The molecule has 146 valence electrons. The molecule has 6 nitrogen and oxygen atoms in total. The van der Waals surface area contributed by atoms with Crippen LogP contribution in [0.1, 0.15) is 21.6 Å². The Kier molecular flexibility index (Phi) is 4.91. The summed E-state index contributed by atoms with van der Waals surface area (Å²) in [4.78, 5) is 13.2. The van der Waals surface area contributed by atoms with Crippen LogP contribution in [0.5, 0.6) is 5.75 Å². The van der Waals surface area contributed by atoms with Crippen LogP contribution in [0.4, 0.5) is 5.69 Å². The zero-order valence-corrected chi connectivity index (χ0v) is 16.6. The summed E-state index contributed by atoms with van der Waals surface area (Å²) in [5.41, 5.74) is 3.88. The van der Waals surface area contributed by atoms with Crippen molar-refractivity contribution in [2.45, 2.75) is 13.8 Å². The fraction of sp³-hybridized carbons (Fsp3) is 0.130. The van der Waals surface area contributed by atoms with Gasteiger partial charge in [0.2, 0.25) is 0 Å². The molecular formula is C23H22N4O2. The van der Waals surface area contributed by atoms with E-state index < -0.39 is 0 Å². The Labute approximate surface area is 169 Å². The number of nitrogens with zero attached hydrogens (tertiary/aromatic N) is 3. The molecule has 0 aliphatic heterocycles. The predicted molar refractivity (Wildman–Crippen MR) is 113 cm³/mol. The van der Waals surface area contributed by atoms with Crippen molar-refractivity contribution >= 4 is 11.6 Å². The fourth-order valence-corrected chi connectivity index (χ4v) is 3.26. The van der Waals surface area contributed by atoms with E-state index in [0.29, 0.717) is 28.5 Å². The molecule has 1 amide bonds. The van der Waals surface area contributed by atoms with Crippen LogP contribution >= 0.6 is 0 Å². The van der Waals surface area contributed by atoms with Gasteiger partial charge >= 0.3 is 0 Å². The van der Waals surface area contributed by atoms with Crippen LogP contribution in [0.15, 0.2) is 73.1 Å². The average molecular weight is 386 g/mol. The quantitative estimate of drug-likeness (QED) is 0.548. The number of amides is 1. The summed E-state index contributed by atoms with van der Waals surface area (Å²) < 4.78 is 8.95. The Morgan fingerprint density at radius 1 is 1.00 bits per heavy atom. The van der Waals surface area contributed by atoms with Crippen LogP contribution in [0.25, 0.3) is 11.5 Å². The lowest BCUT2D eigenvalue weighted by atomic mass is 10.2. The Bertz CT molecular complexity index is 1140. The third kappa shape index (κ3) is 3.65. The molecule has 4 rings (SSSR count). The summed E-state index contributed by atoms with van der Waals surface area (Å²) in [6, 6.07) is 19.2. The number of anilines is 1. The van der Waals surface area contributed by atoms with E-state index in [9.17, 15) is 4.79 Å². The molecule has 29 heavy (non-hydrogen) atoms. The van der Waals surface area contributed by atoms with Crippen LogP contribution in [0, 0.1) is 13.8 Å². The van der Waals surface area contributed by atoms with Gasteiger partial charge in [-0.2, -0.15) is 5.10 Å². The summed E-state index contributed by atoms with van der Waals surface area (Å²) in [7, 11) is 1.60. The zero-order chi connectivity index (χ0) is 20.4. The maximum absolute atomic E-state index is 13.2. The first kappa shape index (κ1) is 18.6. The highest BCUT2D eigenvalue weighted by atomic mass is 16.5. The third-order valence-corrected chi connectivity index (χ3v) is 4.72. The molecule has 0 fully saturated rings. The first-order valence-corrected chi connectivity index (χ1v) is 9.32. The number of carbonyl (C=O) groups is 1. The Hall–Kier alpha value is -3.80. The van der Waals surface area contributed by atoms with Crippen molar-refractivity contribution in [3.8, 4) is 17.3 Å². The number of nitrogens with one attached hydrogen (secondary N) is 1. The second-order valence-corrected chi connectivity index (χ2v) is 6.81. The van der Waals surface area contributed by atoms with Gasteiger partial charge in [-0.3, -0.25) is 4.79 Å². The summed E-state index contributed by atoms with van der Waals surface area (Å²) in [5, 5.41) is 7.64. The van der Waals surface area contributed by atoms with Gasteiger partial charge in [0.1, 0.15) is 11.3 Å². The SMILES string of the molecule is COc1cccc(NC(=O)c2c(C)nn(-c3ccc(C)cc3)c2-n2cccc2)c1. The number of aromatic nitrogens is 3. The van der Waals surface area contributed by atoms with Gasteiger partial charge in [0.05, 0.1) is 18.5 Å². The molecule has 1 N–H and O–H groups in total. The largest absolute Gasteiger partial charge is 0.497 e. The van der Waals surface area contributed by atoms with E-state index in [2.05, 4.69) is 10.4 Å². The van der Waals surface area contributed by atoms with Crippen LogP contribution in [-0.4, -0.2) is 27.4 Å². The second-order valence-electron chi connectivity index (χ2n) is 6.81. The molecule has 4 aromatic rings. The highest BCUT2D eigenvalue weighted by Gasteiger charge is 2.23. The second kappa shape index (κ2) is 7.67. The third-order valence-electron chi connectivity index (χ3n) is 4.72. The van der Waals surface area contributed by atoms with Crippen LogP contribution in [0.2, 0.25) is 0 Å². The van der Waals surface area contributed by atoms with Crippen molar-refractivity contribution in [2.75, 3.05) is 12.4 Å². The van der Waals surface area contributed by atoms with E-state index in [-0.39, 0.29) is 5.91 Å². The number of aryl methyl sites for hydroxylation is 2. The smallest absolute Gasteiger partial charge is 0.261 e. The molecule has 0 aliphatic carbocycles. The normalized spacial score (nSPS) is 10.7. The van der Waals surface area contributed by atoms with Crippen LogP contribution < -0.4 is 10.1 Å². The highest BCUT2D eigenvalue weighted by Crippen LogP contribution is 2.25. The Morgan fingerprint density at radius 3 is 2.41 bits per heavy atom. The molecule has 2 heterocycles. The van der Waals surface area contributed by atoms with Gasteiger partial charge in [-0.05, 0) is 50.2 Å². The monoisotopic (exact) mass is 386 g/mol. The zero-order valence-electron chi connectivity index (χ0n) is 16.6. The molecule has 0 bridgehead atoms. The molecule has 0 atom stereocenters. The van der Waals surface area contributed by atoms with Gasteiger partial charge in [0, 0.05) is 24.1 Å². The van der Waals surface area contributed by atoms with Gasteiger partial charge in [-0.1, -0.05) is 23.8 Å². The Morgan fingerprint density at radius 2 is 1.72 bits per heavy atom. The number of methoxy groups -OCH3 is 1. The van der Waals surface area contributed by atoms with Gasteiger partial charge in [-0.25, -0.2) is 4.68 Å². The van der Waals surface area contributed by atoms with Crippen LogP contribution in [-0.2, 0) is 0 Å². The van der Waals surface area contributed by atoms with E-state index in [1.807, 2.05) is 85.4 Å². The highest BCUT2D eigenvalue weighted by molar-refractivity contribution is 6.07. The van der Waals surface area contributed by atoms with Crippen molar-refractivity contribution in [2.24, 2.45) is 0 Å². The molecule has 0 saturated carbocycles. The number of hydrogen-bond acceptors (Lipinski definition) is 3. The summed E-state index contributed by atoms with van der Waals surface area (Å²) in [6.07, 6.45) is 3.81. The lowest BCUT2D eigenvalue weighted by Crippen LogP contribution is -2.16. The van der Waals surface area contributed by atoms with Crippen molar-refractivity contribution < 1.29 is 9.53 Å². The molecule has 0 saturated heterocycles. The maximum Gasteiger partial charge on any atom is 0.261 e. The van der Waals surface area contributed by atoms with E-state index in [1.165, 1.54) is 0 Å². The minimum atomic E-state index is -0.224. The molecule has 6 heteroatoms. The molecule has 2 aromatic carbocycles. The van der Waals surface area contributed by atoms with Crippen molar-refractivity contribution in [1.82, 2.24) is 14.3 Å². The molecular weight excluding hydrogens is 364 g/mol. The summed E-state index contributed by atoms with van der Waals surface area (Å²) in [6.45, 7) is 3.89. The number of rotatable bonds is 5. The Balaban J connectivity index is 1.80. The summed E-state index contributed by atoms with van der Waals surface area (Å²) in [5.74, 6) is 1.15. The first-order valence-electron chi connectivity index (χ1n) is 9.32. The van der Waals surface area contributed by atoms with Gasteiger partial charge in [0.15, 0.2) is 5.82 Å². The van der Waals surface area contributed by atoms with Gasteiger partial charge < -0.3 is 14.6 Å². The van der Waals surface area contributed by atoms with Crippen LogP contribution in [0.3, 0.4) is 0 Å². The molecule has 0 aliphatic rings. The lowest BCUT2D eigenvalue weighted by Gasteiger charge is -2.12. The minimum Gasteiger partial charge on any atom is -0.497 e. The van der Waals surface area contributed by atoms with E-state index >= 15 is 0 Å². The standard InChI is InChI=1S/C23H22N4O2/c1-16-9-11-19(12-10-16)27-23(26-13-4-5-14-26)21(17(2)25-27)22(28)24-18-7-6-8-20(15-18)29-3/h4-15H,1-3H3,(H,24,28). The maximum atomic E-state index is 13.2. The molecule has 0 unspecified atom stereocenters. The van der Waals surface area contributed by atoms with Crippen molar-refractivity contribution in [3.63, 3.8) is 0 Å². The predicted octanol–water partition coefficient (Wildman–Crippen LogP) is 4.54. The fourth-order valence-electron chi connectivity index (χ4n) is 3.26. The number of hydrogen-bond donors (Lipinski definition) is 1. The molecule has 2 aromatic heterocycles. The first-order chi connectivity index (χ1) is 14.1. The van der Waals surface area contributed by atoms with Crippen molar-refractivity contribution in [3.05, 3.63) is 89.9 Å². The average Bonchev–Trinajstić information content (AvgIpc) is 3.36. The number of carbonyl (C=O) groups excluding carboxylic acids is 1. The van der Waals surface area contributed by atoms with Gasteiger partial charge in [-0.15, -0.1) is 0 Å². The lowest BCUT2D eigenvalue weighted by molar-refractivity contribution is 0.102.